The molecule has 2 rings (SSSR count). The number of hydrogen-bond donors (Lipinski definition) is 2. The minimum absolute atomic E-state index is 0. The Bertz CT molecular complexity index is 546. The number of aliphatic hydroxyl groups excluding tert-OH is 1. The van der Waals surface area contributed by atoms with Gasteiger partial charge in [-0.05, 0) is 30.4 Å². The second kappa shape index (κ2) is 11.2. The maximum atomic E-state index is 10.4. The molecule has 3 unspecified atom stereocenters. The highest BCUT2D eigenvalue weighted by molar-refractivity contribution is 5.85. The summed E-state index contributed by atoms with van der Waals surface area (Å²) in [5.74, 6) is 0. The van der Waals surface area contributed by atoms with Crippen molar-refractivity contribution in [1.82, 2.24) is 5.32 Å². The first kappa shape index (κ1) is 20.7. The first-order valence-corrected chi connectivity index (χ1v) is 8.77. The van der Waals surface area contributed by atoms with Crippen molar-refractivity contribution >= 4 is 12.4 Å². The molecular formula is C21H30ClNO. The zero-order chi connectivity index (χ0) is 16.5. The second-order valence-corrected chi connectivity index (χ2v) is 6.19. The molecule has 0 aliphatic rings. The Kier molecular flexibility index (Phi) is 9.70. The number of rotatable bonds is 9. The second-order valence-electron chi connectivity index (χ2n) is 6.19. The molecule has 0 aliphatic heterocycles. The molecule has 0 saturated heterocycles. The van der Waals surface area contributed by atoms with Crippen molar-refractivity contribution < 1.29 is 5.11 Å². The maximum Gasteiger partial charge on any atom is 0.0693 e. The minimum atomic E-state index is -0.285. The van der Waals surface area contributed by atoms with Gasteiger partial charge in [-0.25, -0.2) is 0 Å². The van der Waals surface area contributed by atoms with Gasteiger partial charge >= 0.3 is 0 Å². The fraction of sp³-hybridized carbons (Fsp3) is 0.429. The van der Waals surface area contributed by atoms with Gasteiger partial charge in [0.25, 0.3) is 0 Å². The van der Waals surface area contributed by atoms with E-state index in [2.05, 4.69) is 67.7 Å². The molecule has 24 heavy (non-hydrogen) atoms. The Morgan fingerprint density at radius 2 is 1.50 bits per heavy atom. The van der Waals surface area contributed by atoms with E-state index in [-0.39, 0.29) is 30.6 Å². The summed E-state index contributed by atoms with van der Waals surface area (Å²) < 4.78 is 0. The molecule has 0 aromatic heterocycles. The summed E-state index contributed by atoms with van der Waals surface area (Å²) in [7, 11) is 0. The van der Waals surface area contributed by atoms with Crippen LogP contribution in [-0.4, -0.2) is 17.3 Å². The molecule has 0 heterocycles. The van der Waals surface area contributed by atoms with Crippen LogP contribution >= 0.6 is 12.4 Å². The lowest BCUT2D eigenvalue weighted by Crippen LogP contribution is -2.42. The highest BCUT2D eigenvalue weighted by Gasteiger charge is 2.21. The molecule has 0 saturated carbocycles. The van der Waals surface area contributed by atoms with Crippen molar-refractivity contribution in [1.29, 1.82) is 0 Å². The Labute approximate surface area is 152 Å². The number of aliphatic hydroxyl groups is 1. The first-order chi connectivity index (χ1) is 11.2. The number of nitrogens with one attached hydrogen (secondary N) is 1. The summed E-state index contributed by atoms with van der Waals surface area (Å²) in [6, 6.07) is 21.4. The summed E-state index contributed by atoms with van der Waals surface area (Å²) in [5, 5.41) is 14.1. The van der Waals surface area contributed by atoms with E-state index in [0.29, 0.717) is 0 Å². The monoisotopic (exact) mass is 347 g/mol. The van der Waals surface area contributed by atoms with E-state index in [1.165, 1.54) is 11.1 Å². The van der Waals surface area contributed by atoms with Crippen LogP contribution < -0.4 is 5.32 Å². The summed E-state index contributed by atoms with van der Waals surface area (Å²) in [5.41, 5.74) is 2.59. The van der Waals surface area contributed by atoms with Gasteiger partial charge in [0.15, 0.2) is 0 Å². The van der Waals surface area contributed by atoms with Gasteiger partial charge in [0, 0.05) is 12.1 Å². The predicted molar refractivity (Wildman–Crippen MR) is 105 cm³/mol. The smallest absolute Gasteiger partial charge is 0.0693 e. The topological polar surface area (TPSA) is 32.3 Å². The van der Waals surface area contributed by atoms with Crippen molar-refractivity contribution in [3.8, 4) is 0 Å². The Balaban J connectivity index is 0.00000288. The van der Waals surface area contributed by atoms with Crippen LogP contribution in [0.2, 0.25) is 0 Å². The zero-order valence-corrected chi connectivity index (χ0v) is 15.5. The zero-order valence-electron chi connectivity index (χ0n) is 14.7. The van der Waals surface area contributed by atoms with Gasteiger partial charge in [-0.3, -0.25) is 0 Å². The number of hydrogen-bond acceptors (Lipinski definition) is 2. The van der Waals surface area contributed by atoms with E-state index < -0.39 is 0 Å². The van der Waals surface area contributed by atoms with Crippen molar-refractivity contribution in [3.63, 3.8) is 0 Å². The van der Waals surface area contributed by atoms with Crippen LogP contribution in [0.5, 0.6) is 0 Å². The molecule has 3 heteroatoms. The van der Waals surface area contributed by atoms with E-state index in [0.717, 1.165) is 25.7 Å². The lowest BCUT2D eigenvalue weighted by Gasteiger charge is -2.29. The quantitative estimate of drug-likeness (QED) is 0.674. The summed E-state index contributed by atoms with van der Waals surface area (Å²) in [4.78, 5) is 0. The molecule has 2 nitrogen and oxygen atoms in total. The fourth-order valence-electron chi connectivity index (χ4n) is 3.06. The largest absolute Gasteiger partial charge is 0.392 e. The average Bonchev–Trinajstić information content (AvgIpc) is 2.60. The van der Waals surface area contributed by atoms with Gasteiger partial charge in [0.2, 0.25) is 0 Å². The van der Waals surface area contributed by atoms with Crippen LogP contribution in [0.3, 0.4) is 0 Å². The Hall–Kier alpha value is -1.35. The third-order valence-electron chi connectivity index (χ3n) is 4.39. The van der Waals surface area contributed by atoms with Crippen molar-refractivity contribution in [3.05, 3.63) is 71.8 Å². The van der Waals surface area contributed by atoms with Gasteiger partial charge in [0.05, 0.1) is 6.10 Å². The number of benzene rings is 2. The fourth-order valence-corrected chi connectivity index (χ4v) is 3.06. The molecule has 3 atom stereocenters. The normalized spacial score (nSPS) is 14.5. The molecule has 132 valence electrons. The molecule has 2 aromatic carbocycles. The van der Waals surface area contributed by atoms with Crippen molar-refractivity contribution in [2.45, 2.75) is 57.7 Å². The third kappa shape index (κ3) is 6.27. The lowest BCUT2D eigenvalue weighted by molar-refractivity contribution is 0.108. The molecule has 2 aromatic rings. The molecule has 0 radical (unpaired) electrons. The molecule has 0 bridgehead atoms. The van der Waals surface area contributed by atoms with Gasteiger partial charge in [0.1, 0.15) is 0 Å². The summed E-state index contributed by atoms with van der Waals surface area (Å²) in [6.45, 7) is 4.26. The van der Waals surface area contributed by atoms with E-state index in [4.69, 9.17) is 0 Å². The highest BCUT2D eigenvalue weighted by Crippen LogP contribution is 2.21. The molecule has 0 fully saturated rings. The lowest BCUT2D eigenvalue weighted by atomic mass is 9.95. The van der Waals surface area contributed by atoms with E-state index in [1.807, 2.05) is 12.1 Å². The standard InChI is InChI=1S/C21H29NO.ClH/c1-3-11-21(23)19(4-2)22-20(18-14-9-6-10-15-18)16-17-12-7-5-8-13-17;/h5-10,12-15,19-23H,3-4,11,16H2,1-2H3;1H. The Morgan fingerprint density at radius 1 is 0.917 bits per heavy atom. The average molecular weight is 348 g/mol. The molecule has 0 amide bonds. The minimum Gasteiger partial charge on any atom is -0.392 e. The van der Waals surface area contributed by atoms with E-state index >= 15 is 0 Å². The molecule has 2 N–H and O–H groups in total. The summed E-state index contributed by atoms with van der Waals surface area (Å²) >= 11 is 0. The van der Waals surface area contributed by atoms with Gasteiger partial charge in [-0.15, -0.1) is 12.4 Å². The molecule has 0 spiro atoms. The summed E-state index contributed by atoms with van der Waals surface area (Å²) in [6.07, 6.45) is 3.43. The van der Waals surface area contributed by atoms with E-state index in [1.54, 1.807) is 0 Å². The van der Waals surface area contributed by atoms with Crippen LogP contribution in [0, 0.1) is 0 Å². The van der Waals surface area contributed by atoms with Crippen LogP contribution in [0.15, 0.2) is 60.7 Å². The Morgan fingerprint density at radius 3 is 2.04 bits per heavy atom. The van der Waals surface area contributed by atoms with E-state index in [9.17, 15) is 5.11 Å². The van der Waals surface area contributed by atoms with Crippen molar-refractivity contribution in [2.75, 3.05) is 0 Å². The highest BCUT2D eigenvalue weighted by atomic mass is 35.5. The first-order valence-electron chi connectivity index (χ1n) is 8.77. The molecule has 0 aliphatic carbocycles. The van der Waals surface area contributed by atoms with Crippen molar-refractivity contribution in [2.24, 2.45) is 0 Å². The van der Waals surface area contributed by atoms with Crippen LogP contribution in [0.1, 0.15) is 50.3 Å². The van der Waals surface area contributed by atoms with Crippen LogP contribution in [0.4, 0.5) is 0 Å². The van der Waals surface area contributed by atoms with Crippen LogP contribution in [-0.2, 0) is 6.42 Å². The molecular weight excluding hydrogens is 318 g/mol. The van der Waals surface area contributed by atoms with Gasteiger partial charge in [-0.1, -0.05) is 80.9 Å². The SMILES string of the molecule is CCCC(O)C(CC)NC(Cc1ccccc1)c1ccccc1.Cl. The third-order valence-corrected chi connectivity index (χ3v) is 4.39. The number of halogens is 1. The van der Waals surface area contributed by atoms with Gasteiger partial charge in [-0.2, -0.15) is 0 Å². The van der Waals surface area contributed by atoms with Gasteiger partial charge < -0.3 is 10.4 Å². The predicted octanol–water partition coefficient (Wildman–Crippen LogP) is 4.92. The maximum absolute atomic E-state index is 10.4. The van der Waals surface area contributed by atoms with Crippen LogP contribution in [0.25, 0.3) is 0 Å².